The number of carbonyl (C=O) groups excluding carboxylic acids is 1. The fraction of sp³-hybridized carbons (Fsp3) is 0.435. The fourth-order valence-corrected chi connectivity index (χ4v) is 3.75. The lowest BCUT2D eigenvalue weighted by atomic mass is 10.0. The summed E-state index contributed by atoms with van der Waals surface area (Å²) < 4.78 is 0. The van der Waals surface area contributed by atoms with E-state index in [0.29, 0.717) is 6.42 Å². The minimum Gasteiger partial charge on any atom is -0.367 e. The maximum absolute atomic E-state index is 12.6. The average Bonchev–Trinajstić information content (AvgIpc) is 2.68. The molecular formula is C23H31N3O. The van der Waals surface area contributed by atoms with E-state index in [9.17, 15) is 4.79 Å². The number of hydrogen-bond acceptors (Lipinski definition) is 3. The first-order valence-corrected chi connectivity index (χ1v) is 9.99. The normalized spacial score (nSPS) is 15.0. The second-order valence-electron chi connectivity index (χ2n) is 7.42. The van der Waals surface area contributed by atoms with E-state index >= 15 is 0 Å². The summed E-state index contributed by atoms with van der Waals surface area (Å²) in [5.41, 5.74) is 5.83. The molecule has 3 rings (SSSR count). The summed E-state index contributed by atoms with van der Waals surface area (Å²) in [4.78, 5) is 17.4. The molecule has 1 heterocycles. The minimum atomic E-state index is 0.0784. The maximum atomic E-state index is 12.6. The molecule has 1 amide bonds. The second-order valence-corrected chi connectivity index (χ2v) is 7.42. The van der Waals surface area contributed by atoms with Crippen LogP contribution in [0.1, 0.15) is 30.0 Å². The van der Waals surface area contributed by atoms with Crippen molar-refractivity contribution in [2.75, 3.05) is 42.9 Å². The number of rotatable bonds is 6. The SMILES string of the molecule is CCN1CCN(c2ccccc2NC(=O)CCc2ccc(C)cc2C)CC1. The molecule has 1 saturated heterocycles. The Hall–Kier alpha value is -2.33. The Labute approximate surface area is 163 Å². The van der Waals surface area contributed by atoms with Crippen molar-refractivity contribution in [2.45, 2.75) is 33.6 Å². The smallest absolute Gasteiger partial charge is 0.224 e. The highest BCUT2D eigenvalue weighted by molar-refractivity contribution is 5.94. The van der Waals surface area contributed by atoms with Gasteiger partial charge in [0.2, 0.25) is 5.91 Å². The van der Waals surface area contributed by atoms with Gasteiger partial charge in [-0.15, -0.1) is 0 Å². The molecular weight excluding hydrogens is 334 g/mol. The lowest BCUT2D eigenvalue weighted by Gasteiger charge is -2.36. The van der Waals surface area contributed by atoms with Crippen LogP contribution in [0, 0.1) is 13.8 Å². The number of amides is 1. The van der Waals surface area contributed by atoms with Crippen LogP contribution in [0.15, 0.2) is 42.5 Å². The van der Waals surface area contributed by atoms with Gasteiger partial charge in [-0.3, -0.25) is 4.79 Å². The Bertz CT molecular complexity index is 779. The Morgan fingerprint density at radius 3 is 2.48 bits per heavy atom. The number of nitrogens with zero attached hydrogens (tertiary/aromatic N) is 2. The fourth-order valence-electron chi connectivity index (χ4n) is 3.75. The topological polar surface area (TPSA) is 35.6 Å². The van der Waals surface area contributed by atoms with E-state index in [1.165, 1.54) is 16.7 Å². The van der Waals surface area contributed by atoms with Crippen molar-refractivity contribution >= 4 is 17.3 Å². The second kappa shape index (κ2) is 9.05. The lowest BCUT2D eigenvalue weighted by Crippen LogP contribution is -2.46. The molecule has 4 nitrogen and oxygen atoms in total. The van der Waals surface area contributed by atoms with Gasteiger partial charge in [0.1, 0.15) is 0 Å². The first kappa shape index (κ1) is 19.4. The van der Waals surface area contributed by atoms with Crippen LogP contribution in [0.3, 0.4) is 0 Å². The summed E-state index contributed by atoms with van der Waals surface area (Å²) in [5, 5.41) is 3.14. The summed E-state index contributed by atoms with van der Waals surface area (Å²) in [6.07, 6.45) is 1.27. The van der Waals surface area contributed by atoms with Gasteiger partial charge >= 0.3 is 0 Å². The van der Waals surface area contributed by atoms with Crippen molar-refractivity contribution in [3.8, 4) is 0 Å². The predicted octanol–water partition coefficient (Wildman–Crippen LogP) is 4.02. The monoisotopic (exact) mass is 365 g/mol. The van der Waals surface area contributed by atoms with Gasteiger partial charge in [0.15, 0.2) is 0 Å². The van der Waals surface area contributed by atoms with Gasteiger partial charge in [0.05, 0.1) is 11.4 Å². The van der Waals surface area contributed by atoms with Crippen LogP contribution in [0.2, 0.25) is 0 Å². The van der Waals surface area contributed by atoms with E-state index in [-0.39, 0.29) is 5.91 Å². The van der Waals surface area contributed by atoms with Crippen molar-refractivity contribution in [2.24, 2.45) is 0 Å². The maximum Gasteiger partial charge on any atom is 0.224 e. The standard InChI is InChI=1S/C23H31N3O/c1-4-25-13-15-26(16-14-25)22-8-6-5-7-21(22)24-23(27)12-11-20-10-9-18(2)17-19(20)3/h5-10,17H,4,11-16H2,1-3H3,(H,24,27). The average molecular weight is 366 g/mol. The van der Waals surface area contributed by atoms with E-state index in [2.05, 4.69) is 60.2 Å². The molecule has 1 fully saturated rings. The van der Waals surface area contributed by atoms with Crippen LogP contribution in [-0.2, 0) is 11.2 Å². The van der Waals surface area contributed by atoms with Crippen LogP contribution in [-0.4, -0.2) is 43.5 Å². The summed E-state index contributed by atoms with van der Waals surface area (Å²) in [5.74, 6) is 0.0784. The zero-order valence-electron chi connectivity index (χ0n) is 16.8. The van der Waals surface area contributed by atoms with Crippen molar-refractivity contribution in [1.29, 1.82) is 0 Å². The Morgan fingerprint density at radius 1 is 1.04 bits per heavy atom. The number of hydrogen-bond donors (Lipinski definition) is 1. The number of carbonyl (C=O) groups is 1. The van der Waals surface area contributed by atoms with Gasteiger partial charge in [0.25, 0.3) is 0 Å². The van der Waals surface area contributed by atoms with E-state index in [1.807, 2.05) is 18.2 Å². The number of nitrogens with one attached hydrogen (secondary N) is 1. The van der Waals surface area contributed by atoms with E-state index in [0.717, 1.165) is 50.5 Å². The molecule has 1 aliphatic rings. The molecule has 2 aromatic rings. The molecule has 144 valence electrons. The molecule has 0 aromatic heterocycles. The van der Waals surface area contributed by atoms with Crippen molar-refractivity contribution < 1.29 is 4.79 Å². The first-order chi connectivity index (χ1) is 13.1. The third kappa shape index (κ3) is 5.10. The zero-order chi connectivity index (χ0) is 19.2. The summed E-state index contributed by atoms with van der Waals surface area (Å²) in [6, 6.07) is 14.6. The molecule has 2 aromatic carbocycles. The van der Waals surface area contributed by atoms with Gasteiger partial charge in [-0.05, 0) is 50.1 Å². The number of benzene rings is 2. The third-order valence-corrected chi connectivity index (χ3v) is 5.46. The van der Waals surface area contributed by atoms with Gasteiger partial charge in [-0.25, -0.2) is 0 Å². The van der Waals surface area contributed by atoms with Gasteiger partial charge in [0, 0.05) is 32.6 Å². The molecule has 1 N–H and O–H groups in total. The van der Waals surface area contributed by atoms with Gasteiger partial charge in [-0.1, -0.05) is 42.8 Å². The molecule has 4 heteroatoms. The van der Waals surface area contributed by atoms with Crippen LogP contribution in [0.5, 0.6) is 0 Å². The Balaban J connectivity index is 1.61. The first-order valence-electron chi connectivity index (χ1n) is 9.99. The lowest BCUT2D eigenvalue weighted by molar-refractivity contribution is -0.116. The number of likely N-dealkylation sites (N-methyl/N-ethyl adjacent to an activating group) is 1. The van der Waals surface area contributed by atoms with Crippen molar-refractivity contribution in [1.82, 2.24) is 4.90 Å². The third-order valence-electron chi connectivity index (χ3n) is 5.46. The number of piperazine rings is 1. The minimum absolute atomic E-state index is 0.0784. The van der Waals surface area contributed by atoms with Crippen LogP contribution < -0.4 is 10.2 Å². The van der Waals surface area contributed by atoms with Gasteiger partial charge < -0.3 is 15.1 Å². The highest BCUT2D eigenvalue weighted by Crippen LogP contribution is 2.27. The van der Waals surface area contributed by atoms with Crippen molar-refractivity contribution in [3.63, 3.8) is 0 Å². The van der Waals surface area contributed by atoms with Crippen molar-refractivity contribution in [3.05, 3.63) is 59.2 Å². The number of aryl methyl sites for hydroxylation is 3. The molecule has 0 unspecified atom stereocenters. The van der Waals surface area contributed by atoms with E-state index < -0.39 is 0 Å². The van der Waals surface area contributed by atoms with Crippen LogP contribution in [0.25, 0.3) is 0 Å². The number of para-hydroxylation sites is 2. The Kier molecular flexibility index (Phi) is 6.51. The molecule has 0 saturated carbocycles. The molecule has 0 aliphatic carbocycles. The highest BCUT2D eigenvalue weighted by atomic mass is 16.1. The quantitative estimate of drug-likeness (QED) is 0.840. The van der Waals surface area contributed by atoms with Crippen LogP contribution in [0.4, 0.5) is 11.4 Å². The molecule has 1 aliphatic heterocycles. The Morgan fingerprint density at radius 2 is 1.78 bits per heavy atom. The summed E-state index contributed by atoms with van der Waals surface area (Å²) in [7, 11) is 0. The van der Waals surface area contributed by atoms with E-state index in [1.54, 1.807) is 0 Å². The van der Waals surface area contributed by atoms with Crippen LogP contribution >= 0.6 is 0 Å². The molecule has 27 heavy (non-hydrogen) atoms. The predicted molar refractivity (Wildman–Crippen MR) is 114 cm³/mol. The highest BCUT2D eigenvalue weighted by Gasteiger charge is 2.18. The molecule has 0 atom stereocenters. The molecule has 0 spiro atoms. The summed E-state index contributed by atoms with van der Waals surface area (Å²) in [6.45, 7) is 11.7. The van der Waals surface area contributed by atoms with E-state index in [4.69, 9.17) is 0 Å². The summed E-state index contributed by atoms with van der Waals surface area (Å²) >= 11 is 0. The zero-order valence-corrected chi connectivity index (χ0v) is 16.8. The molecule has 0 bridgehead atoms. The van der Waals surface area contributed by atoms with Gasteiger partial charge in [-0.2, -0.15) is 0 Å². The number of anilines is 2. The largest absolute Gasteiger partial charge is 0.367 e. The molecule has 0 radical (unpaired) electrons.